The molecule has 0 radical (unpaired) electrons. The van der Waals surface area contributed by atoms with Crippen LogP contribution in [0.1, 0.15) is 25.0 Å². The van der Waals surface area contributed by atoms with Crippen molar-refractivity contribution in [2.24, 2.45) is 5.92 Å². The van der Waals surface area contributed by atoms with Crippen molar-refractivity contribution in [2.45, 2.75) is 26.8 Å². The van der Waals surface area contributed by atoms with Gasteiger partial charge in [0.25, 0.3) is 0 Å². The highest BCUT2D eigenvalue weighted by Gasteiger charge is 2.01. The molecular formula is C13H19NO2. The van der Waals surface area contributed by atoms with E-state index < -0.39 is 5.97 Å². The van der Waals surface area contributed by atoms with Crippen molar-refractivity contribution in [3.63, 3.8) is 0 Å². The molecule has 0 heterocycles. The third kappa shape index (κ3) is 4.94. The van der Waals surface area contributed by atoms with Gasteiger partial charge in [-0.2, -0.15) is 0 Å². The van der Waals surface area contributed by atoms with E-state index in [0.717, 1.165) is 24.2 Å². The first-order valence-corrected chi connectivity index (χ1v) is 5.58. The Bertz CT molecular complexity index is 348. The number of nitrogens with one attached hydrogen (secondary N) is 1. The van der Waals surface area contributed by atoms with E-state index in [1.807, 2.05) is 24.3 Å². The van der Waals surface area contributed by atoms with E-state index in [-0.39, 0.29) is 6.42 Å². The second kappa shape index (κ2) is 6.28. The SMILES string of the molecule is CC(C)CNCc1cccc(CC(=O)O)c1. The number of aliphatic carboxylic acids is 1. The Hall–Kier alpha value is -1.35. The minimum absolute atomic E-state index is 0.0953. The maximum absolute atomic E-state index is 10.6. The van der Waals surface area contributed by atoms with Gasteiger partial charge in [-0.05, 0) is 23.6 Å². The number of benzene rings is 1. The van der Waals surface area contributed by atoms with Crippen LogP contribution in [0.5, 0.6) is 0 Å². The zero-order valence-corrected chi connectivity index (χ0v) is 9.86. The van der Waals surface area contributed by atoms with Gasteiger partial charge in [0, 0.05) is 6.54 Å². The Balaban J connectivity index is 2.50. The molecule has 1 aromatic carbocycles. The van der Waals surface area contributed by atoms with Crippen LogP contribution in [0.3, 0.4) is 0 Å². The van der Waals surface area contributed by atoms with Crippen LogP contribution in [-0.4, -0.2) is 17.6 Å². The Morgan fingerprint density at radius 3 is 2.69 bits per heavy atom. The van der Waals surface area contributed by atoms with E-state index in [4.69, 9.17) is 5.11 Å². The molecule has 3 heteroatoms. The minimum atomic E-state index is -0.785. The maximum atomic E-state index is 10.6. The molecule has 0 aliphatic heterocycles. The van der Waals surface area contributed by atoms with Crippen LogP contribution in [-0.2, 0) is 17.8 Å². The Labute approximate surface area is 96.5 Å². The zero-order chi connectivity index (χ0) is 12.0. The van der Waals surface area contributed by atoms with Crippen molar-refractivity contribution >= 4 is 5.97 Å². The van der Waals surface area contributed by atoms with Gasteiger partial charge in [0.2, 0.25) is 0 Å². The number of hydrogen-bond acceptors (Lipinski definition) is 2. The van der Waals surface area contributed by atoms with Crippen LogP contribution >= 0.6 is 0 Å². The van der Waals surface area contributed by atoms with E-state index in [1.165, 1.54) is 0 Å². The Morgan fingerprint density at radius 2 is 2.06 bits per heavy atom. The van der Waals surface area contributed by atoms with Gasteiger partial charge in [0.1, 0.15) is 0 Å². The minimum Gasteiger partial charge on any atom is -0.481 e. The van der Waals surface area contributed by atoms with Crippen molar-refractivity contribution < 1.29 is 9.90 Å². The lowest BCUT2D eigenvalue weighted by atomic mass is 10.1. The summed E-state index contributed by atoms with van der Waals surface area (Å²) in [6.07, 6.45) is 0.0953. The van der Waals surface area contributed by atoms with E-state index in [2.05, 4.69) is 19.2 Å². The van der Waals surface area contributed by atoms with Gasteiger partial charge in [-0.15, -0.1) is 0 Å². The molecule has 0 fully saturated rings. The van der Waals surface area contributed by atoms with Crippen LogP contribution in [0, 0.1) is 5.92 Å². The number of carbonyl (C=O) groups is 1. The Kier molecular flexibility index (Phi) is 4.99. The van der Waals surface area contributed by atoms with Crippen LogP contribution in [0.4, 0.5) is 0 Å². The zero-order valence-electron chi connectivity index (χ0n) is 9.86. The third-order valence-corrected chi connectivity index (χ3v) is 2.23. The molecule has 0 aliphatic rings. The number of hydrogen-bond donors (Lipinski definition) is 2. The second-order valence-corrected chi connectivity index (χ2v) is 4.42. The highest BCUT2D eigenvalue weighted by molar-refractivity contribution is 5.70. The van der Waals surface area contributed by atoms with E-state index in [9.17, 15) is 4.79 Å². The molecule has 3 nitrogen and oxygen atoms in total. The number of carboxylic acids is 1. The van der Waals surface area contributed by atoms with Gasteiger partial charge in [0.05, 0.1) is 6.42 Å². The van der Waals surface area contributed by atoms with Crippen molar-refractivity contribution in [1.29, 1.82) is 0 Å². The van der Waals surface area contributed by atoms with Crippen LogP contribution in [0.15, 0.2) is 24.3 Å². The first-order valence-electron chi connectivity index (χ1n) is 5.58. The lowest BCUT2D eigenvalue weighted by molar-refractivity contribution is -0.136. The lowest BCUT2D eigenvalue weighted by Gasteiger charge is -2.08. The van der Waals surface area contributed by atoms with Gasteiger partial charge in [0.15, 0.2) is 0 Å². The van der Waals surface area contributed by atoms with Crippen molar-refractivity contribution in [3.8, 4) is 0 Å². The summed E-state index contributed by atoms with van der Waals surface area (Å²) in [5.74, 6) is -0.158. The van der Waals surface area contributed by atoms with E-state index in [0.29, 0.717) is 5.92 Å². The summed E-state index contributed by atoms with van der Waals surface area (Å²) in [7, 11) is 0. The van der Waals surface area contributed by atoms with Gasteiger partial charge < -0.3 is 10.4 Å². The molecule has 0 bridgehead atoms. The third-order valence-electron chi connectivity index (χ3n) is 2.23. The number of rotatable bonds is 6. The molecule has 0 aromatic heterocycles. The van der Waals surface area contributed by atoms with E-state index >= 15 is 0 Å². The van der Waals surface area contributed by atoms with Crippen LogP contribution in [0.25, 0.3) is 0 Å². The Morgan fingerprint density at radius 1 is 1.38 bits per heavy atom. The predicted molar refractivity (Wildman–Crippen MR) is 64.3 cm³/mol. The first kappa shape index (κ1) is 12.7. The summed E-state index contributed by atoms with van der Waals surface area (Å²) in [6, 6.07) is 7.71. The molecular weight excluding hydrogens is 202 g/mol. The molecule has 0 spiro atoms. The summed E-state index contributed by atoms with van der Waals surface area (Å²) in [5, 5.41) is 12.0. The van der Waals surface area contributed by atoms with Gasteiger partial charge in [-0.25, -0.2) is 0 Å². The topological polar surface area (TPSA) is 49.3 Å². The lowest BCUT2D eigenvalue weighted by Crippen LogP contribution is -2.19. The monoisotopic (exact) mass is 221 g/mol. The summed E-state index contributed by atoms with van der Waals surface area (Å²) < 4.78 is 0. The van der Waals surface area contributed by atoms with E-state index in [1.54, 1.807) is 0 Å². The average molecular weight is 221 g/mol. The summed E-state index contributed by atoms with van der Waals surface area (Å²) in [4.78, 5) is 10.6. The predicted octanol–water partition coefficient (Wildman–Crippen LogP) is 2.06. The first-order chi connectivity index (χ1) is 7.58. The second-order valence-electron chi connectivity index (χ2n) is 4.42. The molecule has 0 aliphatic carbocycles. The smallest absolute Gasteiger partial charge is 0.307 e. The molecule has 0 saturated heterocycles. The van der Waals surface area contributed by atoms with Crippen LogP contribution < -0.4 is 5.32 Å². The molecule has 0 unspecified atom stereocenters. The fourth-order valence-corrected chi connectivity index (χ4v) is 1.53. The molecule has 0 atom stereocenters. The van der Waals surface area contributed by atoms with Gasteiger partial charge in [-0.3, -0.25) is 4.79 Å². The average Bonchev–Trinajstić information content (AvgIpc) is 2.16. The molecule has 0 amide bonds. The van der Waals surface area contributed by atoms with Gasteiger partial charge in [-0.1, -0.05) is 38.1 Å². The van der Waals surface area contributed by atoms with Crippen molar-refractivity contribution in [3.05, 3.63) is 35.4 Å². The molecule has 1 rings (SSSR count). The summed E-state index contributed by atoms with van der Waals surface area (Å²) >= 11 is 0. The summed E-state index contributed by atoms with van der Waals surface area (Å²) in [5.41, 5.74) is 2.00. The highest BCUT2D eigenvalue weighted by atomic mass is 16.4. The fourth-order valence-electron chi connectivity index (χ4n) is 1.53. The molecule has 2 N–H and O–H groups in total. The van der Waals surface area contributed by atoms with Gasteiger partial charge >= 0.3 is 5.97 Å². The molecule has 88 valence electrons. The molecule has 16 heavy (non-hydrogen) atoms. The normalized spacial score (nSPS) is 10.7. The molecule has 0 saturated carbocycles. The highest BCUT2D eigenvalue weighted by Crippen LogP contribution is 2.06. The maximum Gasteiger partial charge on any atom is 0.307 e. The van der Waals surface area contributed by atoms with Crippen molar-refractivity contribution in [2.75, 3.05) is 6.54 Å². The largest absolute Gasteiger partial charge is 0.481 e. The summed E-state index contributed by atoms with van der Waals surface area (Å²) in [6.45, 7) is 6.09. The fraction of sp³-hybridized carbons (Fsp3) is 0.462. The van der Waals surface area contributed by atoms with Crippen LogP contribution in [0.2, 0.25) is 0 Å². The standard InChI is InChI=1S/C13H19NO2/c1-10(2)8-14-9-12-5-3-4-11(6-12)7-13(15)16/h3-6,10,14H,7-9H2,1-2H3,(H,15,16). The quantitative estimate of drug-likeness (QED) is 0.773. The number of carboxylic acid groups (broad SMARTS) is 1. The molecule has 1 aromatic rings. The van der Waals surface area contributed by atoms with Crippen molar-refractivity contribution in [1.82, 2.24) is 5.32 Å².